The van der Waals surface area contributed by atoms with Crippen molar-refractivity contribution in [1.82, 2.24) is 15.1 Å². The Morgan fingerprint density at radius 2 is 1.80 bits per heavy atom. The van der Waals surface area contributed by atoms with Crippen LogP contribution in [0.1, 0.15) is 62.6 Å². The maximum Gasteiger partial charge on any atom is 0.417 e. The number of carbonyl (C=O) groups is 4. The van der Waals surface area contributed by atoms with E-state index in [-0.39, 0.29) is 53.7 Å². The summed E-state index contributed by atoms with van der Waals surface area (Å²) < 4.78 is 62.3. The van der Waals surface area contributed by atoms with E-state index in [0.717, 1.165) is 29.0 Å². The van der Waals surface area contributed by atoms with E-state index in [4.69, 9.17) is 17.0 Å². The van der Waals surface area contributed by atoms with Crippen LogP contribution in [0.2, 0.25) is 0 Å². The third kappa shape index (κ3) is 8.65. The molecular formula is C42H44F4N8O5S. The first-order chi connectivity index (χ1) is 28.6. The van der Waals surface area contributed by atoms with E-state index < -0.39 is 46.5 Å². The number of nitriles is 1. The van der Waals surface area contributed by atoms with Crippen molar-refractivity contribution in [3.05, 3.63) is 77.1 Å². The Morgan fingerprint density at radius 1 is 1.05 bits per heavy atom. The quantitative estimate of drug-likeness (QED) is 0.119. The smallest absolute Gasteiger partial charge is 0.417 e. The molecular weight excluding hydrogens is 805 g/mol. The lowest BCUT2D eigenvalue weighted by Gasteiger charge is -2.43. The van der Waals surface area contributed by atoms with Gasteiger partial charge in [-0.15, -0.1) is 0 Å². The second-order valence-electron chi connectivity index (χ2n) is 15.5. The van der Waals surface area contributed by atoms with Crippen molar-refractivity contribution in [1.29, 1.82) is 5.26 Å². The largest absolute Gasteiger partial charge is 0.492 e. The number of thiocarbonyl (C=S) groups is 1. The first kappa shape index (κ1) is 42.5. The summed E-state index contributed by atoms with van der Waals surface area (Å²) in [4.78, 5) is 57.8. The zero-order chi connectivity index (χ0) is 42.9. The van der Waals surface area contributed by atoms with Crippen molar-refractivity contribution in [3.63, 3.8) is 0 Å². The van der Waals surface area contributed by atoms with Crippen LogP contribution in [0.25, 0.3) is 0 Å². The third-order valence-corrected chi connectivity index (χ3v) is 12.0. The molecule has 1 spiro atoms. The van der Waals surface area contributed by atoms with Crippen LogP contribution in [0.15, 0.2) is 54.6 Å². The highest BCUT2D eigenvalue weighted by atomic mass is 32.1. The highest BCUT2D eigenvalue weighted by molar-refractivity contribution is 7.81. The maximum absolute atomic E-state index is 14.5. The lowest BCUT2D eigenvalue weighted by Crippen LogP contribution is -2.55. The van der Waals surface area contributed by atoms with Gasteiger partial charge in [-0.3, -0.25) is 39.2 Å². The summed E-state index contributed by atoms with van der Waals surface area (Å²) >= 11 is 5.80. The molecule has 316 valence electrons. The number of aryl methyl sites for hydroxylation is 1. The van der Waals surface area contributed by atoms with Crippen molar-refractivity contribution >= 4 is 63.7 Å². The summed E-state index contributed by atoms with van der Waals surface area (Å²) in [6.07, 6.45) is -2.02. The Kier molecular flexibility index (Phi) is 12.1. The molecule has 1 unspecified atom stereocenters. The van der Waals surface area contributed by atoms with Crippen molar-refractivity contribution in [2.75, 3.05) is 59.8 Å². The molecule has 0 bridgehead atoms. The molecule has 13 nitrogen and oxygen atoms in total. The van der Waals surface area contributed by atoms with Gasteiger partial charge in [-0.25, -0.2) is 4.39 Å². The van der Waals surface area contributed by atoms with E-state index in [1.165, 1.54) is 18.2 Å². The number of hydrogen-bond donors (Lipinski definition) is 3. The van der Waals surface area contributed by atoms with Gasteiger partial charge < -0.3 is 20.3 Å². The predicted octanol–water partition coefficient (Wildman–Crippen LogP) is 5.58. The summed E-state index contributed by atoms with van der Waals surface area (Å²) in [5.41, 5.74) is -0.672. The van der Waals surface area contributed by atoms with Crippen molar-refractivity contribution in [2.45, 2.75) is 76.2 Å². The number of nitrogens with zero attached hydrogens (tertiary/aromatic N) is 5. The molecule has 3 N–H and O–H groups in total. The Hall–Kier alpha value is -5.64. The summed E-state index contributed by atoms with van der Waals surface area (Å²) in [6, 6.07) is 13.6. The van der Waals surface area contributed by atoms with Gasteiger partial charge in [-0.1, -0.05) is 6.92 Å². The van der Waals surface area contributed by atoms with Gasteiger partial charge in [0, 0.05) is 55.7 Å². The number of alkyl halides is 3. The molecule has 3 saturated heterocycles. The van der Waals surface area contributed by atoms with Gasteiger partial charge in [0.2, 0.25) is 17.7 Å². The molecule has 0 radical (unpaired) electrons. The summed E-state index contributed by atoms with van der Waals surface area (Å²) in [6.45, 7) is 7.07. The normalized spacial score (nSPS) is 20.8. The van der Waals surface area contributed by atoms with Gasteiger partial charge >= 0.3 is 6.18 Å². The fourth-order valence-electron chi connectivity index (χ4n) is 8.29. The van der Waals surface area contributed by atoms with Crippen molar-refractivity contribution in [3.8, 4) is 11.8 Å². The Bertz CT molecular complexity index is 2260. The number of piperidine rings is 1. The molecule has 18 heteroatoms. The van der Waals surface area contributed by atoms with Crippen molar-refractivity contribution in [2.24, 2.45) is 0 Å². The van der Waals surface area contributed by atoms with Gasteiger partial charge in [0.15, 0.2) is 5.11 Å². The fraction of sp³-hybridized carbons (Fsp3) is 0.429. The zero-order valence-electron chi connectivity index (χ0n) is 33.0. The molecule has 60 heavy (non-hydrogen) atoms. The van der Waals surface area contributed by atoms with E-state index in [1.807, 2.05) is 36.9 Å². The van der Waals surface area contributed by atoms with E-state index in [0.29, 0.717) is 69.2 Å². The molecule has 3 heterocycles. The lowest BCUT2D eigenvalue weighted by atomic mass is 9.75. The number of imide groups is 1. The monoisotopic (exact) mass is 848 g/mol. The van der Waals surface area contributed by atoms with Gasteiger partial charge in [0.1, 0.15) is 29.8 Å². The second kappa shape index (κ2) is 17.1. The van der Waals surface area contributed by atoms with Crippen LogP contribution in [0.3, 0.4) is 0 Å². The van der Waals surface area contributed by atoms with Crippen molar-refractivity contribution < 1.29 is 41.5 Å². The molecule has 1 saturated carbocycles. The van der Waals surface area contributed by atoms with Crippen LogP contribution in [0.4, 0.5) is 40.3 Å². The minimum Gasteiger partial charge on any atom is -0.492 e. The number of benzene rings is 3. The first-order valence-electron chi connectivity index (χ1n) is 19.8. The number of amides is 4. The molecule has 7 rings (SSSR count). The van der Waals surface area contributed by atoms with Crippen LogP contribution < -0.4 is 30.5 Å². The molecule has 3 aromatic rings. The highest BCUT2D eigenvalue weighted by Gasteiger charge is 2.59. The molecule has 3 aromatic carbocycles. The minimum absolute atomic E-state index is 0.0296. The molecule has 3 aliphatic heterocycles. The van der Waals surface area contributed by atoms with Gasteiger partial charge in [-0.2, -0.15) is 18.4 Å². The summed E-state index contributed by atoms with van der Waals surface area (Å²) in [5, 5.41) is 17.3. The zero-order valence-corrected chi connectivity index (χ0v) is 33.9. The van der Waals surface area contributed by atoms with Crippen LogP contribution in [-0.4, -0.2) is 95.5 Å². The molecule has 4 aliphatic rings. The van der Waals surface area contributed by atoms with E-state index in [2.05, 4.69) is 20.9 Å². The van der Waals surface area contributed by atoms with E-state index in [9.17, 15) is 42.0 Å². The van der Waals surface area contributed by atoms with E-state index >= 15 is 0 Å². The van der Waals surface area contributed by atoms with Crippen LogP contribution >= 0.6 is 12.2 Å². The Morgan fingerprint density at radius 3 is 2.47 bits per heavy atom. The average molecular weight is 849 g/mol. The number of rotatable bonds is 12. The molecule has 1 aliphatic carbocycles. The second-order valence-corrected chi connectivity index (χ2v) is 15.9. The lowest BCUT2D eigenvalue weighted by molar-refractivity contribution is -0.138. The minimum atomic E-state index is -4.79. The number of ether oxygens (including phenoxy) is 1. The topological polar surface area (TPSA) is 150 Å². The van der Waals surface area contributed by atoms with Gasteiger partial charge in [0.05, 0.1) is 29.4 Å². The SMILES string of the molecule is CCc1cc(N2C(=S)N(c3ccc(C#N)c(C(F)(F)F)c3)C(=O)C23CCC3)ccc1OCCN1CCN(CC(=O)Nc2cc(F)cc(NC3CCC(=O)NC3=O)c2)[C@H](C)C1. The number of anilines is 4. The predicted molar refractivity (Wildman–Crippen MR) is 219 cm³/mol. The van der Waals surface area contributed by atoms with E-state index in [1.54, 1.807) is 17.0 Å². The Balaban J connectivity index is 0.931. The number of halogens is 4. The number of carbonyl (C=O) groups excluding carboxylic acids is 4. The fourth-order valence-corrected chi connectivity index (χ4v) is 8.76. The third-order valence-electron chi connectivity index (χ3n) is 11.6. The van der Waals surface area contributed by atoms with Gasteiger partial charge in [0.25, 0.3) is 5.91 Å². The molecule has 0 aromatic heterocycles. The Labute approximate surface area is 349 Å². The molecule has 4 amide bonds. The molecule has 4 fully saturated rings. The van der Waals surface area contributed by atoms with Crippen LogP contribution in [0, 0.1) is 17.1 Å². The number of piperazine rings is 1. The molecule has 2 atom stereocenters. The average Bonchev–Trinajstić information content (AvgIpc) is 3.42. The first-order valence-corrected chi connectivity index (χ1v) is 20.2. The van der Waals surface area contributed by atoms with Gasteiger partial charge in [-0.05, 0) is 111 Å². The number of hydrogen-bond acceptors (Lipinski definition) is 10. The number of nitrogens with one attached hydrogen (secondary N) is 3. The highest BCUT2D eigenvalue weighted by Crippen LogP contribution is 2.49. The maximum atomic E-state index is 14.5. The summed E-state index contributed by atoms with van der Waals surface area (Å²) in [7, 11) is 0. The van der Waals surface area contributed by atoms with Crippen LogP contribution in [0.5, 0.6) is 5.75 Å². The van der Waals surface area contributed by atoms with Crippen LogP contribution in [-0.2, 0) is 31.8 Å². The summed E-state index contributed by atoms with van der Waals surface area (Å²) in [5.74, 6) is -1.48. The standard InChI is InChI=1S/C42H44F4N8O5S/c1-3-26-17-32(54-40(60)53(39(58)41(54)11-4-12-41)31-6-5-27(22-47)33(21-31)42(44,45)46)7-9-35(26)59-16-15-51-13-14-52(25(2)23-51)24-37(56)49-30-19-28(43)18-29(20-30)48-34-8-10-36(55)50-38(34)57/h5-7,9,17-21,25,34,48H,3-4,8,10-16,23-24H2,1-2H3,(H,49,56)(H,50,55,57)/t25-,34?/m1/s1.